The molecule has 1 amide bonds. The van der Waals surface area contributed by atoms with Gasteiger partial charge in [0.25, 0.3) is 5.91 Å². The van der Waals surface area contributed by atoms with Crippen LogP contribution in [0.4, 0.5) is 0 Å². The average molecular weight is 621 g/mol. The Morgan fingerprint density at radius 2 is 1.78 bits per heavy atom. The van der Waals surface area contributed by atoms with Crippen LogP contribution in [-0.4, -0.2) is 38.3 Å². The van der Waals surface area contributed by atoms with Gasteiger partial charge < -0.3 is 18.5 Å². The standard InChI is InChI=1S/C36H36N4O6/c1-22-29-13-14-31-34(22)37-38-40(31)16-5-3-4-6-24-7-9-26(10-8-24)35(42)39-17-15-25-11-12-27(18-28(25)20-39)30(29)19-33(41)44-21-32-23(2)45-36(43)46-32/h7-14,18,30H,3-6,15-17,19-21H2,1-2H3. The Labute approximate surface area is 265 Å². The van der Waals surface area contributed by atoms with Gasteiger partial charge in [0.05, 0.1) is 11.9 Å². The van der Waals surface area contributed by atoms with Gasteiger partial charge in [-0.15, -0.1) is 5.10 Å². The van der Waals surface area contributed by atoms with Gasteiger partial charge in [0.1, 0.15) is 5.52 Å². The maximum atomic E-state index is 13.6. The minimum absolute atomic E-state index is 0.0264. The molecule has 10 nitrogen and oxygen atoms in total. The van der Waals surface area contributed by atoms with Gasteiger partial charge >= 0.3 is 11.8 Å². The number of benzene rings is 3. The fourth-order valence-corrected chi connectivity index (χ4v) is 6.74. The minimum atomic E-state index is -0.829. The summed E-state index contributed by atoms with van der Waals surface area (Å²) in [5, 5.41) is 9.06. The van der Waals surface area contributed by atoms with Crippen molar-refractivity contribution in [3.63, 3.8) is 0 Å². The van der Waals surface area contributed by atoms with Crippen LogP contribution in [0.25, 0.3) is 11.0 Å². The molecule has 5 aliphatic heterocycles. The lowest BCUT2D eigenvalue weighted by Gasteiger charge is -2.30. The normalized spacial score (nSPS) is 16.8. The van der Waals surface area contributed by atoms with Crippen LogP contribution in [0.5, 0.6) is 0 Å². The maximum Gasteiger partial charge on any atom is 0.519 e. The van der Waals surface area contributed by atoms with E-state index in [2.05, 4.69) is 46.7 Å². The van der Waals surface area contributed by atoms with Gasteiger partial charge in [-0.25, -0.2) is 9.48 Å². The van der Waals surface area contributed by atoms with Gasteiger partial charge in [-0.2, -0.15) is 0 Å². The van der Waals surface area contributed by atoms with E-state index in [0.29, 0.717) is 18.7 Å². The molecule has 1 unspecified atom stereocenters. The lowest BCUT2D eigenvalue weighted by atomic mass is 9.83. The Morgan fingerprint density at radius 1 is 0.935 bits per heavy atom. The molecule has 7 heterocycles. The number of aryl methyl sites for hydroxylation is 4. The molecule has 1 atom stereocenters. The van der Waals surface area contributed by atoms with Crippen molar-refractivity contribution in [2.24, 2.45) is 0 Å². The zero-order valence-electron chi connectivity index (χ0n) is 26.1. The Morgan fingerprint density at radius 3 is 2.59 bits per heavy atom. The summed E-state index contributed by atoms with van der Waals surface area (Å²) in [6, 6.07) is 18.5. The second-order valence-electron chi connectivity index (χ2n) is 12.3. The van der Waals surface area contributed by atoms with Crippen molar-refractivity contribution in [3.05, 3.63) is 116 Å². The molecule has 0 saturated carbocycles. The lowest BCUT2D eigenvalue weighted by molar-refractivity contribution is -0.145. The quantitative estimate of drug-likeness (QED) is 0.232. The molecule has 0 radical (unpaired) electrons. The van der Waals surface area contributed by atoms with E-state index in [1.807, 2.05) is 34.7 Å². The molecule has 46 heavy (non-hydrogen) atoms. The summed E-state index contributed by atoms with van der Waals surface area (Å²) >= 11 is 0. The second kappa shape index (κ2) is 12.4. The molecular weight excluding hydrogens is 584 g/mol. The van der Waals surface area contributed by atoms with Crippen molar-refractivity contribution < 1.29 is 23.2 Å². The zero-order chi connectivity index (χ0) is 31.8. The predicted octanol–water partition coefficient (Wildman–Crippen LogP) is 5.78. The van der Waals surface area contributed by atoms with E-state index in [-0.39, 0.29) is 36.4 Å². The van der Waals surface area contributed by atoms with Crippen molar-refractivity contribution >= 4 is 22.9 Å². The Hall–Kier alpha value is -4.99. The number of carbonyl (C=O) groups is 2. The van der Waals surface area contributed by atoms with Crippen LogP contribution in [0.15, 0.2) is 68.2 Å². The highest BCUT2D eigenvalue weighted by atomic mass is 16.6. The van der Waals surface area contributed by atoms with Gasteiger partial charge in [-0.1, -0.05) is 48.0 Å². The molecule has 0 aliphatic carbocycles. The molecule has 236 valence electrons. The van der Waals surface area contributed by atoms with E-state index in [9.17, 15) is 14.4 Å². The highest BCUT2D eigenvalue weighted by Crippen LogP contribution is 2.36. The zero-order valence-corrected chi connectivity index (χ0v) is 26.1. The molecule has 5 aliphatic rings. The van der Waals surface area contributed by atoms with Crippen LogP contribution in [0.3, 0.4) is 0 Å². The molecule has 5 aromatic rings. The van der Waals surface area contributed by atoms with Crippen molar-refractivity contribution in [2.75, 3.05) is 6.54 Å². The van der Waals surface area contributed by atoms with Crippen LogP contribution in [-0.2, 0) is 42.1 Å². The molecular formula is C36H36N4O6. The maximum absolute atomic E-state index is 13.6. The number of hydrogen-bond donors (Lipinski definition) is 0. The van der Waals surface area contributed by atoms with Crippen LogP contribution < -0.4 is 5.82 Å². The van der Waals surface area contributed by atoms with Crippen LogP contribution in [0.2, 0.25) is 0 Å². The number of carbonyl (C=O) groups excluding carboxylic acids is 2. The van der Waals surface area contributed by atoms with E-state index >= 15 is 0 Å². The molecule has 0 N–H and O–H groups in total. The van der Waals surface area contributed by atoms with Gasteiger partial charge in [0.15, 0.2) is 18.1 Å². The van der Waals surface area contributed by atoms with E-state index in [1.54, 1.807) is 6.92 Å². The highest BCUT2D eigenvalue weighted by Gasteiger charge is 2.27. The number of hydrogen-bond acceptors (Lipinski definition) is 8. The van der Waals surface area contributed by atoms with E-state index < -0.39 is 11.8 Å². The van der Waals surface area contributed by atoms with Crippen molar-refractivity contribution in [3.8, 4) is 0 Å². The SMILES string of the molecule is Cc1oc(=O)oc1COC(=O)CC1c2ccc3c(c2)CN(CC3)C(=O)c2ccc(cc2)CCCCCn2nnc3c(C)c1ccc32. The number of nitrogens with zero attached hydrogens (tertiary/aromatic N) is 4. The first kappa shape index (κ1) is 29.7. The predicted molar refractivity (Wildman–Crippen MR) is 169 cm³/mol. The molecule has 0 fully saturated rings. The van der Waals surface area contributed by atoms with Crippen molar-refractivity contribution in [2.45, 2.75) is 78.0 Å². The second-order valence-corrected chi connectivity index (χ2v) is 12.3. The van der Waals surface area contributed by atoms with Gasteiger partial charge in [-0.3, -0.25) is 9.59 Å². The summed E-state index contributed by atoms with van der Waals surface area (Å²) in [5.41, 5.74) is 8.84. The van der Waals surface area contributed by atoms with Crippen molar-refractivity contribution in [1.29, 1.82) is 0 Å². The summed E-state index contributed by atoms with van der Waals surface area (Å²) in [4.78, 5) is 40.3. The minimum Gasteiger partial charge on any atom is -0.457 e. The first-order valence-corrected chi connectivity index (χ1v) is 15.9. The first-order chi connectivity index (χ1) is 22.3. The van der Waals surface area contributed by atoms with E-state index in [0.717, 1.165) is 71.9 Å². The van der Waals surface area contributed by atoms with Crippen LogP contribution in [0.1, 0.15) is 86.9 Å². The van der Waals surface area contributed by atoms with Gasteiger partial charge in [0.2, 0.25) is 0 Å². The van der Waals surface area contributed by atoms with Crippen molar-refractivity contribution in [1.82, 2.24) is 19.9 Å². The molecule has 10 heteroatoms. The van der Waals surface area contributed by atoms with Crippen LogP contribution in [0, 0.1) is 13.8 Å². The summed E-state index contributed by atoms with van der Waals surface area (Å²) in [5.74, 6) is -1.13. The fourth-order valence-electron chi connectivity index (χ4n) is 6.74. The third-order valence-electron chi connectivity index (χ3n) is 9.40. The number of amides is 1. The fraction of sp³-hybridized carbons (Fsp3) is 0.361. The lowest BCUT2D eigenvalue weighted by Crippen LogP contribution is -2.36. The van der Waals surface area contributed by atoms with E-state index in [4.69, 9.17) is 13.6 Å². The third-order valence-corrected chi connectivity index (χ3v) is 9.40. The Bertz CT molecular complexity index is 1990. The molecule has 2 aromatic heterocycles. The molecule has 10 rings (SSSR count). The van der Waals surface area contributed by atoms with E-state index in [1.165, 1.54) is 11.1 Å². The molecule has 9 bridgehead atoms. The van der Waals surface area contributed by atoms with Crippen LogP contribution >= 0.6 is 0 Å². The smallest absolute Gasteiger partial charge is 0.457 e. The summed E-state index contributed by atoms with van der Waals surface area (Å²) in [7, 11) is 0. The molecule has 0 saturated heterocycles. The highest BCUT2D eigenvalue weighted by molar-refractivity contribution is 5.94. The average Bonchev–Trinajstić information content (AvgIpc) is 3.63. The largest absolute Gasteiger partial charge is 0.519 e. The summed E-state index contributed by atoms with van der Waals surface area (Å²) in [6.45, 7) is 5.33. The summed E-state index contributed by atoms with van der Waals surface area (Å²) in [6.07, 6.45) is 4.86. The number of rotatable bonds is 4. The number of esters is 1. The first-order valence-electron chi connectivity index (χ1n) is 15.9. The van der Waals surface area contributed by atoms with Gasteiger partial charge in [-0.05, 0) is 91.1 Å². The monoisotopic (exact) mass is 620 g/mol. The van der Waals surface area contributed by atoms with Gasteiger partial charge in [0, 0.05) is 31.1 Å². The molecule has 0 spiro atoms. The third kappa shape index (κ3) is 5.87. The topological polar surface area (TPSA) is 121 Å². The Kier molecular flexibility index (Phi) is 8.02. The number of ether oxygens (including phenoxy) is 1. The molecule has 3 aromatic carbocycles. The summed E-state index contributed by atoms with van der Waals surface area (Å²) < 4.78 is 17.5. The Balaban J connectivity index is 1.26. The number of aromatic nitrogens is 3.